The third kappa shape index (κ3) is 3.53. The molecule has 1 heterocycles. The molecule has 150 valence electrons. The molecule has 2 aliphatic rings. The van der Waals surface area contributed by atoms with Crippen LogP contribution in [0, 0.1) is 0 Å². The van der Waals surface area contributed by atoms with E-state index in [-0.39, 0.29) is 30.0 Å². The minimum Gasteiger partial charge on any atom is -0.460 e. The fourth-order valence-electron chi connectivity index (χ4n) is 4.06. The number of benzene rings is 2. The predicted molar refractivity (Wildman–Crippen MR) is 110 cm³/mol. The molecule has 1 aliphatic carbocycles. The predicted octanol–water partition coefficient (Wildman–Crippen LogP) is 4.55. The Morgan fingerprint density at radius 2 is 1.31 bits per heavy atom. The Bertz CT molecular complexity index is 940. The van der Waals surface area contributed by atoms with E-state index in [1.165, 1.54) is 6.08 Å². The molecule has 1 fully saturated rings. The molecule has 0 aromatic heterocycles. The lowest BCUT2D eigenvalue weighted by Crippen LogP contribution is -2.21. The van der Waals surface area contributed by atoms with E-state index in [2.05, 4.69) is 24.3 Å². The topological polar surface area (TPSA) is 55.6 Å². The highest BCUT2D eigenvalue weighted by Crippen LogP contribution is 2.63. The summed E-state index contributed by atoms with van der Waals surface area (Å²) in [6, 6.07) is 16.4. The first-order chi connectivity index (χ1) is 13.9. The van der Waals surface area contributed by atoms with Gasteiger partial charge in [0.05, 0.1) is 30.4 Å². The summed E-state index contributed by atoms with van der Waals surface area (Å²) in [7, 11) is 0. The van der Waals surface area contributed by atoms with Crippen molar-refractivity contribution >= 4 is 11.9 Å². The minimum atomic E-state index is -0.541. The second-order valence-electron chi connectivity index (χ2n) is 7.94. The molecule has 0 radical (unpaired) electrons. The largest absolute Gasteiger partial charge is 0.460 e. The van der Waals surface area contributed by atoms with Gasteiger partial charge in [-0.25, -0.2) is 9.59 Å². The van der Waals surface area contributed by atoms with Crippen LogP contribution in [-0.4, -0.2) is 29.0 Å². The van der Waals surface area contributed by atoms with Crippen LogP contribution >= 0.6 is 0 Å². The summed E-state index contributed by atoms with van der Waals surface area (Å²) >= 11 is 0. The van der Waals surface area contributed by atoms with Crippen LogP contribution in [0.25, 0.3) is 11.1 Å². The summed E-state index contributed by atoms with van der Waals surface area (Å²) in [5.74, 6) is -1.05. The first-order valence-corrected chi connectivity index (χ1v) is 9.98. The van der Waals surface area contributed by atoms with Gasteiger partial charge in [0.1, 0.15) is 5.70 Å². The minimum absolute atomic E-state index is 0.00101. The highest BCUT2D eigenvalue weighted by molar-refractivity contribution is 5.97. The van der Waals surface area contributed by atoms with Gasteiger partial charge in [0.15, 0.2) is 0 Å². The first-order valence-electron chi connectivity index (χ1n) is 9.98. The number of carbonyl (C=O) groups excluding carboxylic acids is 2. The Labute approximate surface area is 170 Å². The molecule has 2 unspecified atom stereocenters. The maximum Gasteiger partial charge on any atom is 0.355 e. The average Bonchev–Trinajstić information content (AvgIpc) is 3.41. The Hall–Kier alpha value is -3.08. The van der Waals surface area contributed by atoms with Crippen LogP contribution < -0.4 is 0 Å². The quantitative estimate of drug-likeness (QED) is 0.425. The van der Waals surface area contributed by atoms with Gasteiger partial charge in [-0.1, -0.05) is 48.5 Å². The van der Waals surface area contributed by atoms with Crippen molar-refractivity contribution in [2.45, 2.75) is 52.0 Å². The number of fused-ring (bicyclic) bond motifs is 6. The van der Waals surface area contributed by atoms with E-state index in [9.17, 15) is 9.59 Å². The van der Waals surface area contributed by atoms with Gasteiger partial charge in [0, 0.05) is 0 Å². The van der Waals surface area contributed by atoms with Crippen LogP contribution in [0.3, 0.4) is 0 Å². The molecule has 29 heavy (non-hydrogen) atoms. The van der Waals surface area contributed by atoms with Crippen LogP contribution in [0.5, 0.6) is 0 Å². The van der Waals surface area contributed by atoms with Gasteiger partial charge in [-0.2, -0.15) is 0 Å². The standard InChI is InChI=1S/C24H25NO4/c1-14(2)28-21(26)13-20(24(27)29-15(3)4)25-22-18-11-7-5-9-16(18)17-10-6-8-12-19(17)23(22)25/h5-15,22-23H,1-4H3/b20-13+. The van der Waals surface area contributed by atoms with Crippen molar-refractivity contribution in [2.24, 2.45) is 0 Å². The SMILES string of the molecule is CC(C)OC(=O)/C=C(\C(=O)OC(C)C)N1C2c3ccccc3-c3ccccc3C21. The molecule has 5 nitrogen and oxygen atoms in total. The van der Waals surface area contributed by atoms with Gasteiger partial charge < -0.3 is 14.4 Å². The van der Waals surface area contributed by atoms with E-state index in [4.69, 9.17) is 9.47 Å². The maximum absolute atomic E-state index is 12.9. The number of esters is 2. The Morgan fingerprint density at radius 3 is 1.79 bits per heavy atom. The van der Waals surface area contributed by atoms with E-state index in [1.54, 1.807) is 27.7 Å². The van der Waals surface area contributed by atoms with Crippen molar-refractivity contribution in [1.82, 2.24) is 4.90 Å². The van der Waals surface area contributed by atoms with Crippen LogP contribution in [0.2, 0.25) is 0 Å². The molecule has 5 heteroatoms. The van der Waals surface area contributed by atoms with Gasteiger partial charge >= 0.3 is 11.9 Å². The van der Waals surface area contributed by atoms with E-state index in [0.29, 0.717) is 0 Å². The molecule has 2 aromatic rings. The third-order valence-corrected chi connectivity index (χ3v) is 5.09. The summed E-state index contributed by atoms with van der Waals surface area (Å²) in [5, 5.41) is 0. The normalized spacial score (nSPS) is 19.4. The van der Waals surface area contributed by atoms with Crippen molar-refractivity contribution in [1.29, 1.82) is 0 Å². The van der Waals surface area contributed by atoms with E-state index in [1.807, 2.05) is 29.2 Å². The van der Waals surface area contributed by atoms with Crippen LogP contribution in [0.4, 0.5) is 0 Å². The van der Waals surface area contributed by atoms with Crippen molar-refractivity contribution < 1.29 is 19.1 Å². The molecule has 0 saturated carbocycles. The number of ether oxygens (including phenoxy) is 2. The first kappa shape index (κ1) is 19.2. The molecule has 1 aliphatic heterocycles. The van der Waals surface area contributed by atoms with Crippen molar-refractivity contribution in [3.63, 3.8) is 0 Å². The van der Waals surface area contributed by atoms with Gasteiger partial charge in [-0.3, -0.25) is 0 Å². The molecule has 0 amide bonds. The smallest absolute Gasteiger partial charge is 0.355 e. The Morgan fingerprint density at radius 1 is 0.828 bits per heavy atom. The summed E-state index contributed by atoms with van der Waals surface area (Å²) in [5.41, 5.74) is 4.86. The van der Waals surface area contributed by atoms with Gasteiger partial charge in [-0.05, 0) is 49.9 Å². The average molecular weight is 391 g/mol. The van der Waals surface area contributed by atoms with Crippen LogP contribution in [-0.2, 0) is 19.1 Å². The summed E-state index contributed by atoms with van der Waals surface area (Å²) < 4.78 is 10.7. The number of nitrogens with zero attached hydrogens (tertiary/aromatic N) is 1. The molecule has 4 rings (SSSR count). The second kappa shape index (κ2) is 7.39. The summed E-state index contributed by atoms with van der Waals surface area (Å²) in [4.78, 5) is 27.2. The monoisotopic (exact) mass is 391 g/mol. The molecule has 1 saturated heterocycles. The number of hydrogen-bond acceptors (Lipinski definition) is 5. The third-order valence-electron chi connectivity index (χ3n) is 5.09. The Kier molecular flexibility index (Phi) is 4.91. The van der Waals surface area contributed by atoms with Gasteiger partial charge in [0.25, 0.3) is 0 Å². The zero-order valence-corrected chi connectivity index (χ0v) is 17.1. The molecule has 2 atom stereocenters. The lowest BCUT2D eigenvalue weighted by Gasteiger charge is -2.16. The summed E-state index contributed by atoms with van der Waals surface area (Å²) in [6.07, 6.45) is 0.724. The van der Waals surface area contributed by atoms with E-state index in [0.717, 1.165) is 22.3 Å². The van der Waals surface area contributed by atoms with Gasteiger partial charge in [-0.15, -0.1) is 0 Å². The molecule has 0 spiro atoms. The van der Waals surface area contributed by atoms with Crippen LogP contribution in [0.1, 0.15) is 50.9 Å². The van der Waals surface area contributed by atoms with Crippen LogP contribution in [0.15, 0.2) is 60.3 Å². The molecular formula is C24H25NO4. The number of rotatable bonds is 5. The molecular weight excluding hydrogens is 366 g/mol. The number of hydrogen-bond donors (Lipinski definition) is 0. The second-order valence-corrected chi connectivity index (χ2v) is 7.94. The maximum atomic E-state index is 12.9. The molecule has 2 aromatic carbocycles. The lowest BCUT2D eigenvalue weighted by atomic mass is 9.86. The number of carbonyl (C=O) groups is 2. The zero-order chi connectivity index (χ0) is 20.7. The van der Waals surface area contributed by atoms with Crippen molar-refractivity contribution in [2.75, 3.05) is 0 Å². The Balaban J connectivity index is 1.77. The fourth-order valence-corrected chi connectivity index (χ4v) is 4.06. The van der Waals surface area contributed by atoms with E-state index < -0.39 is 11.9 Å². The zero-order valence-electron chi connectivity index (χ0n) is 17.1. The van der Waals surface area contributed by atoms with Crippen molar-refractivity contribution in [3.8, 4) is 11.1 Å². The highest BCUT2D eigenvalue weighted by Gasteiger charge is 2.56. The van der Waals surface area contributed by atoms with Crippen molar-refractivity contribution in [3.05, 3.63) is 71.4 Å². The molecule has 0 N–H and O–H groups in total. The molecule has 0 bridgehead atoms. The van der Waals surface area contributed by atoms with Gasteiger partial charge in [0.2, 0.25) is 0 Å². The summed E-state index contributed by atoms with van der Waals surface area (Å²) in [6.45, 7) is 7.15. The fraction of sp³-hybridized carbons (Fsp3) is 0.333. The lowest BCUT2D eigenvalue weighted by molar-refractivity contribution is -0.146. The highest BCUT2D eigenvalue weighted by atomic mass is 16.5. The van der Waals surface area contributed by atoms with E-state index >= 15 is 0 Å².